The predicted molar refractivity (Wildman–Crippen MR) is 75.4 cm³/mol. The van der Waals surface area contributed by atoms with E-state index in [1.807, 2.05) is 0 Å². The molecule has 1 unspecified atom stereocenters. The average molecular weight is 232 g/mol. The van der Waals surface area contributed by atoms with Crippen LogP contribution in [0.2, 0.25) is 0 Å². The fourth-order valence-corrected chi connectivity index (χ4v) is 1.78. The number of hydrogen-bond acceptors (Lipinski definition) is 1. The van der Waals surface area contributed by atoms with Crippen molar-refractivity contribution in [2.45, 2.75) is 53.1 Å². The molecule has 1 aromatic rings. The highest BCUT2D eigenvalue weighted by molar-refractivity contribution is 5.65. The largest absolute Gasteiger partial charge is 0.491 e. The van der Waals surface area contributed by atoms with Crippen molar-refractivity contribution in [3.8, 4) is 5.75 Å². The number of benzene rings is 1. The standard InChI is InChI=1S/C16H24O/c1-5-8-14(7-3)15-9-11-16(12-10-15)17-13(4)6-2/h8-13H,5-7H2,1-4H3. The van der Waals surface area contributed by atoms with Gasteiger partial charge in [-0.2, -0.15) is 0 Å². The summed E-state index contributed by atoms with van der Waals surface area (Å²) in [5.74, 6) is 0.968. The summed E-state index contributed by atoms with van der Waals surface area (Å²) in [6.45, 7) is 8.61. The summed E-state index contributed by atoms with van der Waals surface area (Å²) in [6, 6.07) is 8.45. The van der Waals surface area contributed by atoms with E-state index in [2.05, 4.69) is 58.0 Å². The lowest BCUT2D eigenvalue weighted by Gasteiger charge is -2.13. The summed E-state index contributed by atoms with van der Waals surface area (Å²) >= 11 is 0. The van der Waals surface area contributed by atoms with Crippen LogP contribution in [0.5, 0.6) is 5.75 Å². The zero-order chi connectivity index (χ0) is 12.7. The van der Waals surface area contributed by atoms with Crippen molar-refractivity contribution in [1.29, 1.82) is 0 Å². The molecule has 1 atom stereocenters. The average Bonchev–Trinajstić information content (AvgIpc) is 2.37. The van der Waals surface area contributed by atoms with Crippen LogP contribution in [0.1, 0.15) is 52.5 Å². The number of hydrogen-bond donors (Lipinski definition) is 0. The highest BCUT2D eigenvalue weighted by Gasteiger charge is 2.02. The lowest BCUT2D eigenvalue weighted by atomic mass is 10.0. The van der Waals surface area contributed by atoms with Crippen molar-refractivity contribution in [2.75, 3.05) is 0 Å². The second-order valence-electron chi connectivity index (χ2n) is 4.35. The molecule has 0 N–H and O–H groups in total. The Hall–Kier alpha value is -1.24. The van der Waals surface area contributed by atoms with Gasteiger partial charge in [-0.25, -0.2) is 0 Å². The van der Waals surface area contributed by atoms with E-state index < -0.39 is 0 Å². The molecule has 0 aliphatic carbocycles. The van der Waals surface area contributed by atoms with Crippen molar-refractivity contribution in [2.24, 2.45) is 0 Å². The van der Waals surface area contributed by atoms with E-state index in [1.54, 1.807) is 0 Å². The van der Waals surface area contributed by atoms with Crippen LogP contribution in [-0.4, -0.2) is 6.10 Å². The molecule has 0 heterocycles. The lowest BCUT2D eigenvalue weighted by molar-refractivity contribution is 0.217. The zero-order valence-corrected chi connectivity index (χ0v) is 11.5. The zero-order valence-electron chi connectivity index (χ0n) is 11.5. The minimum absolute atomic E-state index is 0.290. The summed E-state index contributed by atoms with van der Waals surface area (Å²) < 4.78 is 5.77. The fourth-order valence-electron chi connectivity index (χ4n) is 1.78. The van der Waals surface area contributed by atoms with Gasteiger partial charge in [-0.05, 0) is 49.5 Å². The second-order valence-corrected chi connectivity index (χ2v) is 4.35. The molecule has 0 aliphatic rings. The van der Waals surface area contributed by atoms with Crippen LogP contribution in [0.25, 0.3) is 5.57 Å². The van der Waals surface area contributed by atoms with Gasteiger partial charge in [-0.3, -0.25) is 0 Å². The Morgan fingerprint density at radius 3 is 2.29 bits per heavy atom. The molecule has 0 aliphatic heterocycles. The molecule has 0 bridgehead atoms. The van der Waals surface area contributed by atoms with Gasteiger partial charge in [-0.15, -0.1) is 0 Å². The molecular weight excluding hydrogens is 208 g/mol. The molecule has 0 saturated carbocycles. The van der Waals surface area contributed by atoms with Crippen LogP contribution in [0.15, 0.2) is 30.3 Å². The minimum atomic E-state index is 0.290. The van der Waals surface area contributed by atoms with Crippen molar-refractivity contribution >= 4 is 5.57 Å². The van der Waals surface area contributed by atoms with Crippen LogP contribution in [-0.2, 0) is 0 Å². The van der Waals surface area contributed by atoms with Gasteiger partial charge >= 0.3 is 0 Å². The van der Waals surface area contributed by atoms with Gasteiger partial charge < -0.3 is 4.74 Å². The monoisotopic (exact) mass is 232 g/mol. The maximum atomic E-state index is 5.77. The van der Waals surface area contributed by atoms with Gasteiger partial charge in [0.2, 0.25) is 0 Å². The Morgan fingerprint density at radius 2 is 1.82 bits per heavy atom. The van der Waals surface area contributed by atoms with E-state index in [9.17, 15) is 0 Å². The lowest BCUT2D eigenvalue weighted by Crippen LogP contribution is -2.09. The molecule has 0 saturated heterocycles. The number of allylic oxidation sites excluding steroid dienone is 2. The molecule has 0 radical (unpaired) electrons. The third-order valence-electron chi connectivity index (χ3n) is 2.97. The van der Waals surface area contributed by atoms with Crippen LogP contribution in [0.3, 0.4) is 0 Å². The third-order valence-corrected chi connectivity index (χ3v) is 2.97. The Kier molecular flexibility index (Phi) is 5.82. The van der Waals surface area contributed by atoms with Crippen molar-refractivity contribution in [3.63, 3.8) is 0 Å². The number of rotatable bonds is 6. The molecule has 1 aromatic carbocycles. The summed E-state index contributed by atoms with van der Waals surface area (Å²) in [7, 11) is 0. The van der Waals surface area contributed by atoms with E-state index in [0.717, 1.165) is 25.0 Å². The van der Waals surface area contributed by atoms with E-state index in [1.165, 1.54) is 11.1 Å². The highest BCUT2D eigenvalue weighted by Crippen LogP contribution is 2.22. The maximum absolute atomic E-state index is 5.77. The summed E-state index contributed by atoms with van der Waals surface area (Å²) in [5.41, 5.74) is 2.73. The molecule has 0 fully saturated rings. The van der Waals surface area contributed by atoms with E-state index in [0.29, 0.717) is 0 Å². The normalized spacial score (nSPS) is 13.5. The maximum Gasteiger partial charge on any atom is 0.119 e. The second kappa shape index (κ2) is 7.16. The summed E-state index contributed by atoms with van der Waals surface area (Å²) in [6.07, 6.45) is 5.80. The van der Waals surface area contributed by atoms with Crippen molar-refractivity contribution in [1.82, 2.24) is 0 Å². The van der Waals surface area contributed by atoms with Crippen molar-refractivity contribution in [3.05, 3.63) is 35.9 Å². The Labute approximate surface area is 106 Å². The van der Waals surface area contributed by atoms with Crippen LogP contribution >= 0.6 is 0 Å². The molecule has 1 rings (SSSR count). The Bertz CT molecular complexity index is 348. The first kappa shape index (κ1) is 13.8. The first-order chi connectivity index (χ1) is 8.21. The van der Waals surface area contributed by atoms with Crippen LogP contribution in [0.4, 0.5) is 0 Å². The molecule has 1 nitrogen and oxygen atoms in total. The van der Waals surface area contributed by atoms with Gasteiger partial charge in [-0.1, -0.05) is 39.0 Å². The van der Waals surface area contributed by atoms with Crippen LogP contribution in [0, 0.1) is 0 Å². The van der Waals surface area contributed by atoms with Gasteiger partial charge in [0.25, 0.3) is 0 Å². The topological polar surface area (TPSA) is 9.23 Å². The first-order valence-electron chi connectivity index (χ1n) is 6.67. The molecule has 0 spiro atoms. The molecule has 0 aromatic heterocycles. The summed E-state index contributed by atoms with van der Waals surface area (Å²) in [5, 5.41) is 0. The number of ether oxygens (including phenoxy) is 1. The van der Waals surface area contributed by atoms with Gasteiger partial charge in [0, 0.05) is 0 Å². The smallest absolute Gasteiger partial charge is 0.119 e. The van der Waals surface area contributed by atoms with E-state index >= 15 is 0 Å². The van der Waals surface area contributed by atoms with Gasteiger partial charge in [0.05, 0.1) is 6.10 Å². The molecular formula is C16H24O. The Balaban J connectivity index is 2.76. The van der Waals surface area contributed by atoms with Gasteiger partial charge in [0.15, 0.2) is 0 Å². The Morgan fingerprint density at radius 1 is 1.18 bits per heavy atom. The fraction of sp³-hybridized carbons (Fsp3) is 0.500. The van der Waals surface area contributed by atoms with E-state index in [4.69, 9.17) is 4.74 Å². The first-order valence-corrected chi connectivity index (χ1v) is 6.67. The quantitative estimate of drug-likeness (QED) is 0.665. The van der Waals surface area contributed by atoms with Crippen molar-refractivity contribution < 1.29 is 4.74 Å². The minimum Gasteiger partial charge on any atom is -0.491 e. The van der Waals surface area contributed by atoms with E-state index in [-0.39, 0.29) is 6.10 Å². The molecule has 1 heteroatoms. The third kappa shape index (κ3) is 4.26. The van der Waals surface area contributed by atoms with Gasteiger partial charge in [0.1, 0.15) is 5.75 Å². The van der Waals surface area contributed by atoms with Crippen LogP contribution < -0.4 is 4.74 Å². The molecule has 17 heavy (non-hydrogen) atoms. The molecule has 0 amide bonds. The predicted octanol–water partition coefficient (Wildman–Crippen LogP) is 5.07. The SMILES string of the molecule is CCC=C(CC)c1ccc(OC(C)CC)cc1. The summed E-state index contributed by atoms with van der Waals surface area (Å²) in [4.78, 5) is 0. The molecule has 94 valence electrons. The highest BCUT2D eigenvalue weighted by atomic mass is 16.5.